The molecule has 0 amide bonds. The van der Waals surface area contributed by atoms with Crippen LogP contribution in [0.5, 0.6) is 0 Å². The molecule has 4 N–H and O–H groups in total. The van der Waals surface area contributed by atoms with Gasteiger partial charge in [0.15, 0.2) is 11.5 Å². The molecule has 1 aromatic rings. The fourth-order valence-corrected chi connectivity index (χ4v) is 3.22. The molecule has 1 aromatic carbocycles. The van der Waals surface area contributed by atoms with Gasteiger partial charge in [-0.3, -0.25) is 9.78 Å². The van der Waals surface area contributed by atoms with Crippen molar-refractivity contribution in [2.24, 2.45) is 0 Å². The minimum atomic E-state index is -0.751. The Labute approximate surface area is 166 Å². The van der Waals surface area contributed by atoms with E-state index in [9.17, 15) is 14.7 Å². The Morgan fingerprint density at radius 3 is 2.79 bits per heavy atom. The number of nitrogens with one attached hydrogen (secondary N) is 2. The van der Waals surface area contributed by atoms with Gasteiger partial charge in [0.2, 0.25) is 0 Å². The molecular weight excluding hydrogens is 378 g/mol. The maximum Gasteiger partial charge on any atom is 0.349 e. The van der Waals surface area contributed by atoms with Gasteiger partial charge in [-0.1, -0.05) is 0 Å². The highest BCUT2D eigenvalue weighted by molar-refractivity contribution is 5.84. The number of rotatable bonds is 9. The zero-order valence-electron chi connectivity index (χ0n) is 16.4. The van der Waals surface area contributed by atoms with E-state index in [2.05, 4.69) is 20.3 Å². The second-order valence-corrected chi connectivity index (χ2v) is 6.84. The molecule has 2 aliphatic rings. The van der Waals surface area contributed by atoms with Crippen molar-refractivity contribution in [2.45, 2.75) is 32.4 Å². The number of benzene rings is 1. The summed E-state index contributed by atoms with van der Waals surface area (Å²) < 4.78 is 6.79. The lowest BCUT2D eigenvalue weighted by Gasteiger charge is -2.20. The minimum Gasteiger partial charge on any atom is -0.396 e. The number of aromatic amines is 1. The maximum absolute atomic E-state index is 12.3. The molecule has 10 nitrogen and oxygen atoms in total. The van der Waals surface area contributed by atoms with Crippen LogP contribution in [0.2, 0.25) is 0 Å². The number of hydrogen-bond acceptors (Lipinski definition) is 8. The van der Waals surface area contributed by atoms with Crippen LogP contribution in [0.15, 0.2) is 21.7 Å². The fraction of sp³-hybridized carbons (Fsp3) is 0.474. The molecule has 0 aliphatic carbocycles. The van der Waals surface area contributed by atoms with Crippen LogP contribution in [-0.2, 0) is 11.3 Å². The highest BCUT2D eigenvalue weighted by Gasteiger charge is 2.20. The molecule has 156 valence electrons. The van der Waals surface area contributed by atoms with E-state index in [4.69, 9.17) is 9.84 Å². The van der Waals surface area contributed by atoms with Crippen LogP contribution in [0.4, 0.5) is 5.69 Å². The van der Waals surface area contributed by atoms with Gasteiger partial charge in [-0.2, -0.15) is 4.98 Å². The summed E-state index contributed by atoms with van der Waals surface area (Å²) >= 11 is 0. The summed E-state index contributed by atoms with van der Waals surface area (Å²) in [6, 6.07) is 3.74. The van der Waals surface area contributed by atoms with Gasteiger partial charge in [-0.05, 0) is 37.5 Å². The largest absolute Gasteiger partial charge is 0.396 e. The van der Waals surface area contributed by atoms with Gasteiger partial charge in [-0.25, -0.2) is 9.78 Å². The van der Waals surface area contributed by atoms with Gasteiger partial charge in [0.25, 0.3) is 5.56 Å². The zero-order valence-corrected chi connectivity index (χ0v) is 16.4. The lowest BCUT2D eigenvalue weighted by molar-refractivity contribution is 0.121. The number of aromatic nitrogens is 4. The Morgan fingerprint density at radius 1 is 1.28 bits per heavy atom. The number of nitrogens with zero attached hydrogens (tertiary/aromatic N) is 3. The Balaban J connectivity index is 2.17. The van der Waals surface area contributed by atoms with Crippen molar-refractivity contribution in [3.63, 3.8) is 0 Å². The Hall–Kier alpha value is -2.82. The number of H-pyrrole nitrogens is 1. The van der Waals surface area contributed by atoms with Crippen LogP contribution < -0.4 is 16.6 Å². The standard InChI is InChI=1S/C19H25N5O5/c1-11-9-14-15(10-13(11)20-5-8-29-2)24(6-3-12(26)4-7-25)17-16(21-14)18(27)23-19(28)22-17/h9-10,12,20,25-26H,3-8H2,1-2H3,(H,23,27,28)/t12-/m0/s1. The van der Waals surface area contributed by atoms with Gasteiger partial charge >= 0.3 is 5.69 Å². The molecule has 0 bridgehead atoms. The number of aryl methyl sites for hydroxylation is 2. The molecule has 0 spiro atoms. The molecule has 29 heavy (non-hydrogen) atoms. The first-order valence-electron chi connectivity index (χ1n) is 9.41. The first-order chi connectivity index (χ1) is 13.9. The second kappa shape index (κ2) is 9.12. The van der Waals surface area contributed by atoms with Crippen molar-refractivity contribution in [1.82, 2.24) is 19.5 Å². The van der Waals surface area contributed by atoms with E-state index in [1.807, 2.05) is 19.1 Å². The predicted octanol–water partition coefficient (Wildman–Crippen LogP) is 0.0847. The second-order valence-electron chi connectivity index (χ2n) is 6.84. The average Bonchev–Trinajstić information content (AvgIpc) is 2.67. The topological polar surface area (TPSA) is 142 Å². The molecule has 0 unspecified atom stereocenters. The summed E-state index contributed by atoms with van der Waals surface area (Å²) in [6.07, 6.45) is -0.155. The molecule has 0 radical (unpaired) electrons. The van der Waals surface area contributed by atoms with Gasteiger partial charge in [0.05, 0.1) is 23.7 Å². The zero-order chi connectivity index (χ0) is 21.0. The third-order valence-electron chi connectivity index (χ3n) is 4.72. The van der Waals surface area contributed by atoms with Crippen molar-refractivity contribution in [1.29, 1.82) is 0 Å². The van der Waals surface area contributed by atoms with Crippen LogP contribution in [0, 0.1) is 6.92 Å². The third-order valence-corrected chi connectivity index (χ3v) is 4.72. The van der Waals surface area contributed by atoms with E-state index >= 15 is 0 Å². The fourth-order valence-electron chi connectivity index (χ4n) is 3.22. The molecule has 0 fully saturated rings. The van der Waals surface area contributed by atoms with Crippen molar-refractivity contribution < 1.29 is 14.9 Å². The predicted molar refractivity (Wildman–Crippen MR) is 108 cm³/mol. The van der Waals surface area contributed by atoms with Crippen LogP contribution >= 0.6 is 0 Å². The molecular formula is C19H25N5O5. The highest BCUT2D eigenvalue weighted by Crippen LogP contribution is 2.27. The number of aliphatic hydroxyl groups excluding tert-OH is 2. The Morgan fingerprint density at radius 2 is 2.07 bits per heavy atom. The monoisotopic (exact) mass is 403 g/mol. The Kier molecular flexibility index (Phi) is 6.57. The number of anilines is 1. The first kappa shape index (κ1) is 20.9. The van der Waals surface area contributed by atoms with E-state index in [1.54, 1.807) is 11.7 Å². The molecule has 3 rings (SSSR count). The summed E-state index contributed by atoms with van der Waals surface area (Å²) in [5, 5.41) is 22.4. The number of aliphatic hydroxyl groups is 2. The van der Waals surface area contributed by atoms with Gasteiger partial charge < -0.3 is 24.8 Å². The lowest BCUT2D eigenvalue weighted by Crippen LogP contribution is -2.29. The van der Waals surface area contributed by atoms with Crippen molar-refractivity contribution >= 4 is 16.7 Å². The highest BCUT2D eigenvalue weighted by atomic mass is 16.5. The van der Waals surface area contributed by atoms with Crippen LogP contribution in [0.25, 0.3) is 22.6 Å². The van der Waals surface area contributed by atoms with Crippen LogP contribution in [0.3, 0.4) is 0 Å². The molecule has 0 saturated carbocycles. The molecule has 0 aromatic heterocycles. The van der Waals surface area contributed by atoms with E-state index < -0.39 is 17.4 Å². The first-order valence-corrected chi connectivity index (χ1v) is 9.41. The maximum atomic E-state index is 12.3. The van der Waals surface area contributed by atoms with E-state index in [1.165, 1.54) is 0 Å². The molecule has 2 aliphatic heterocycles. The lowest BCUT2D eigenvalue weighted by atomic mass is 10.1. The summed E-state index contributed by atoms with van der Waals surface area (Å²) in [6.45, 7) is 3.25. The average molecular weight is 403 g/mol. The van der Waals surface area contributed by atoms with Crippen LogP contribution in [-0.4, -0.2) is 62.7 Å². The van der Waals surface area contributed by atoms with Gasteiger partial charge in [0, 0.05) is 32.5 Å². The molecule has 1 atom stereocenters. The Bertz CT molecular complexity index is 1080. The minimum absolute atomic E-state index is 0.0632. The number of fused-ring (bicyclic) bond motifs is 2. The van der Waals surface area contributed by atoms with E-state index in [-0.39, 0.29) is 24.5 Å². The summed E-state index contributed by atoms with van der Waals surface area (Å²) in [5.41, 5.74) is 1.77. The quantitative estimate of drug-likeness (QED) is 0.291. The molecule has 10 heteroatoms. The number of methoxy groups -OCH3 is 1. The van der Waals surface area contributed by atoms with E-state index in [0.29, 0.717) is 37.2 Å². The molecule has 2 heterocycles. The third kappa shape index (κ3) is 4.61. The van der Waals surface area contributed by atoms with Gasteiger partial charge in [-0.15, -0.1) is 0 Å². The van der Waals surface area contributed by atoms with Crippen molar-refractivity contribution in [3.05, 3.63) is 38.5 Å². The van der Waals surface area contributed by atoms with Crippen molar-refractivity contribution in [3.8, 4) is 11.5 Å². The normalized spacial score (nSPS) is 12.6. The van der Waals surface area contributed by atoms with Crippen molar-refractivity contribution in [2.75, 3.05) is 32.2 Å². The summed E-state index contributed by atoms with van der Waals surface area (Å²) in [5.74, 6) is 0.161. The van der Waals surface area contributed by atoms with Gasteiger partial charge in [0.1, 0.15) is 0 Å². The van der Waals surface area contributed by atoms with Crippen LogP contribution in [0.1, 0.15) is 18.4 Å². The smallest absolute Gasteiger partial charge is 0.349 e. The molecule has 0 saturated heterocycles. The van der Waals surface area contributed by atoms with E-state index in [0.717, 1.165) is 11.3 Å². The summed E-state index contributed by atoms with van der Waals surface area (Å²) in [7, 11) is 1.63. The number of ether oxygens (including phenoxy) is 1. The SMILES string of the molecule is COCCNc1cc2c(cc1C)nc1c(=O)[nH]c(=O)nc-1n2CC[C@H](O)CCO. The summed E-state index contributed by atoms with van der Waals surface area (Å²) in [4.78, 5) is 34.6. The number of hydrogen-bond donors (Lipinski definition) is 4.